The molecule has 0 fully saturated rings. The molecule has 0 spiro atoms. The van der Waals surface area contributed by atoms with Crippen LogP contribution in [-0.2, 0) is 9.59 Å². The van der Waals surface area contributed by atoms with Crippen LogP contribution in [0.25, 0.3) is 6.08 Å². The van der Waals surface area contributed by atoms with E-state index in [0.717, 1.165) is 29.4 Å². The van der Waals surface area contributed by atoms with Gasteiger partial charge in [0.2, 0.25) is 5.91 Å². The number of hydrogen-bond acceptors (Lipinski definition) is 3. The molecule has 3 N–H and O–H groups in total. The standard InChI is InChI=1S/C16H22N2O3/c1-11(2)9-18(10-15(17)19)14-6-4-13(12(3)8-14)5-7-16(20)21/h4-8,11H,9-10H2,1-3H3,(H2,17,19)(H,20,21). The van der Waals surface area contributed by atoms with Crippen molar-refractivity contribution in [2.45, 2.75) is 20.8 Å². The summed E-state index contributed by atoms with van der Waals surface area (Å²) in [6, 6.07) is 5.66. The van der Waals surface area contributed by atoms with Crippen LogP contribution in [0.3, 0.4) is 0 Å². The predicted octanol–water partition coefficient (Wildman–Crippen LogP) is 2.04. The van der Waals surface area contributed by atoms with E-state index < -0.39 is 5.97 Å². The van der Waals surface area contributed by atoms with Crippen molar-refractivity contribution in [1.29, 1.82) is 0 Å². The zero-order valence-electron chi connectivity index (χ0n) is 12.7. The highest BCUT2D eigenvalue weighted by molar-refractivity contribution is 5.85. The molecule has 0 aliphatic carbocycles. The number of amides is 1. The number of carbonyl (C=O) groups excluding carboxylic acids is 1. The summed E-state index contributed by atoms with van der Waals surface area (Å²) in [5.74, 6) is -0.951. The van der Waals surface area contributed by atoms with Crippen LogP contribution in [0.15, 0.2) is 24.3 Å². The molecule has 0 saturated heterocycles. The van der Waals surface area contributed by atoms with Crippen molar-refractivity contribution in [3.63, 3.8) is 0 Å². The van der Waals surface area contributed by atoms with Gasteiger partial charge in [-0.3, -0.25) is 4.79 Å². The highest BCUT2D eigenvalue weighted by Crippen LogP contribution is 2.21. The second-order valence-electron chi connectivity index (χ2n) is 5.45. The van der Waals surface area contributed by atoms with Crippen molar-refractivity contribution in [2.24, 2.45) is 11.7 Å². The van der Waals surface area contributed by atoms with E-state index >= 15 is 0 Å². The van der Waals surface area contributed by atoms with Crippen molar-refractivity contribution in [3.8, 4) is 0 Å². The quantitative estimate of drug-likeness (QED) is 0.753. The minimum Gasteiger partial charge on any atom is -0.478 e. The number of benzene rings is 1. The molecule has 114 valence electrons. The van der Waals surface area contributed by atoms with Crippen LogP contribution in [-0.4, -0.2) is 30.1 Å². The second-order valence-corrected chi connectivity index (χ2v) is 5.45. The van der Waals surface area contributed by atoms with Crippen LogP contribution in [0.1, 0.15) is 25.0 Å². The van der Waals surface area contributed by atoms with Crippen molar-refractivity contribution in [2.75, 3.05) is 18.0 Å². The first-order valence-corrected chi connectivity index (χ1v) is 6.84. The number of aryl methyl sites for hydroxylation is 1. The third-order valence-electron chi connectivity index (χ3n) is 2.96. The Hall–Kier alpha value is -2.30. The van der Waals surface area contributed by atoms with E-state index in [1.165, 1.54) is 0 Å². The lowest BCUT2D eigenvalue weighted by atomic mass is 10.1. The molecule has 5 nitrogen and oxygen atoms in total. The molecule has 0 heterocycles. The monoisotopic (exact) mass is 290 g/mol. The van der Waals surface area contributed by atoms with Gasteiger partial charge in [0.15, 0.2) is 0 Å². The van der Waals surface area contributed by atoms with Gasteiger partial charge >= 0.3 is 5.97 Å². The Bertz CT molecular complexity index is 550. The number of primary amides is 1. The summed E-state index contributed by atoms with van der Waals surface area (Å²) in [6.07, 6.45) is 2.67. The smallest absolute Gasteiger partial charge is 0.328 e. The second kappa shape index (κ2) is 7.47. The summed E-state index contributed by atoms with van der Waals surface area (Å²) < 4.78 is 0. The molecule has 0 aromatic heterocycles. The predicted molar refractivity (Wildman–Crippen MR) is 84.1 cm³/mol. The number of nitrogens with zero attached hydrogens (tertiary/aromatic N) is 1. The van der Waals surface area contributed by atoms with Crippen LogP contribution in [0.5, 0.6) is 0 Å². The molecule has 0 aliphatic rings. The summed E-state index contributed by atoms with van der Waals surface area (Å²) in [5, 5.41) is 8.66. The van der Waals surface area contributed by atoms with Gasteiger partial charge in [0.05, 0.1) is 6.54 Å². The van der Waals surface area contributed by atoms with Gasteiger partial charge in [-0.2, -0.15) is 0 Å². The van der Waals surface area contributed by atoms with Gasteiger partial charge in [-0.1, -0.05) is 19.9 Å². The molecule has 5 heteroatoms. The van der Waals surface area contributed by atoms with Crippen LogP contribution >= 0.6 is 0 Å². The minimum absolute atomic E-state index is 0.169. The first kappa shape index (κ1) is 16.8. The molecular weight excluding hydrogens is 268 g/mol. The molecule has 1 amide bonds. The van der Waals surface area contributed by atoms with Gasteiger partial charge < -0.3 is 15.7 Å². The Morgan fingerprint density at radius 1 is 1.38 bits per heavy atom. The molecule has 21 heavy (non-hydrogen) atoms. The first-order valence-electron chi connectivity index (χ1n) is 6.84. The Balaban J connectivity index is 3.02. The fourth-order valence-corrected chi connectivity index (χ4v) is 2.09. The van der Waals surface area contributed by atoms with Gasteiger partial charge in [0.1, 0.15) is 0 Å². The highest BCUT2D eigenvalue weighted by Gasteiger charge is 2.12. The fraction of sp³-hybridized carbons (Fsp3) is 0.375. The van der Waals surface area contributed by atoms with Gasteiger partial charge in [0, 0.05) is 18.3 Å². The average Bonchev–Trinajstić information content (AvgIpc) is 2.35. The molecule has 0 saturated carbocycles. The van der Waals surface area contributed by atoms with E-state index in [-0.39, 0.29) is 12.5 Å². The first-order chi connectivity index (χ1) is 9.79. The summed E-state index contributed by atoms with van der Waals surface area (Å²) in [4.78, 5) is 23.7. The largest absolute Gasteiger partial charge is 0.478 e. The molecule has 0 radical (unpaired) electrons. The Morgan fingerprint density at radius 2 is 2.05 bits per heavy atom. The number of carboxylic acids is 1. The number of aliphatic carboxylic acids is 1. The van der Waals surface area contributed by atoms with E-state index in [1.54, 1.807) is 6.08 Å². The van der Waals surface area contributed by atoms with Gasteiger partial charge in [0.25, 0.3) is 0 Å². The zero-order valence-corrected chi connectivity index (χ0v) is 12.7. The number of anilines is 1. The van der Waals surface area contributed by atoms with Crippen LogP contribution in [0.2, 0.25) is 0 Å². The van der Waals surface area contributed by atoms with Gasteiger partial charge in [-0.15, -0.1) is 0 Å². The number of rotatable bonds is 7. The number of carboxylic acid groups (broad SMARTS) is 1. The maximum Gasteiger partial charge on any atom is 0.328 e. The van der Waals surface area contributed by atoms with Crippen LogP contribution < -0.4 is 10.6 Å². The van der Waals surface area contributed by atoms with Crippen molar-refractivity contribution < 1.29 is 14.7 Å². The van der Waals surface area contributed by atoms with Crippen molar-refractivity contribution >= 4 is 23.6 Å². The van der Waals surface area contributed by atoms with Crippen LogP contribution in [0, 0.1) is 12.8 Å². The number of carbonyl (C=O) groups is 2. The molecular formula is C16H22N2O3. The summed E-state index contributed by atoms with van der Waals surface area (Å²) in [6.45, 7) is 6.95. The number of nitrogens with two attached hydrogens (primary N) is 1. The maximum absolute atomic E-state index is 11.2. The third-order valence-corrected chi connectivity index (χ3v) is 2.96. The summed E-state index contributed by atoms with van der Waals surface area (Å²) in [5.41, 5.74) is 7.99. The minimum atomic E-state index is -0.978. The molecule has 0 bridgehead atoms. The molecule has 0 atom stereocenters. The molecule has 1 rings (SSSR count). The summed E-state index contributed by atoms with van der Waals surface area (Å²) >= 11 is 0. The van der Waals surface area contributed by atoms with E-state index in [0.29, 0.717) is 5.92 Å². The molecule has 0 unspecified atom stereocenters. The van der Waals surface area contributed by atoms with E-state index in [1.807, 2.05) is 30.0 Å². The zero-order chi connectivity index (χ0) is 16.0. The topological polar surface area (TPSA) is 83.6 Å². The Labute approximate surface area is 125 Å². The lowest BCUT2D eigenvalue weighted by molar-refractivity contribution is -0.131. The molecule has 1 aromatic rings. The van der Waals surface area contributed by atoms with Crippen LogP contribution in [0.4, 0.5) is 5.69 Å². The van der Waals surface area contributed by atoms with Crippen molar-refractivity contribution in [3.05, 3.63) is 35.4 Å². The normalized spacial score (nSPS) is 11.0. The lowest BCUT2D eigenvalue weighted by Gasteiger charge is -2.26. The van der Waals surface area contributed by atoms with E-state index in [4.69, 9.17) is 10.8 Å². The van der Waals surface area contributed by atoms with Gasteiger partial charge in [-0.05, 0) is 42.2 Å². The van der Waals surface area contributed by atoms with Crippen molar-refractivity contribution in [1.82, 2.24) is 0 Å². The average molecular weight is 290 g/mol. The maximum atomic E-state index is 11.2. The number of hydrogen-bond donors (Lipinski definition) is 2. The lowest BCUT2D eigenvalue weighted by Crippen LogP contribution is -2.36. The third kappa shape index (κ3) is 5.69. The van der Waals surface area contributed by atoms with Gasteiger partial charge in [-0.25, -0.2) is 4.79 Å². The molecule has 1 aromatic carbocycles. The van der Waals surface area contributed by atoms with E-state index in [2.05, 4.69) is 13.8 Å². The SMILES string of the molecule is Cc1cc(N(CC(N)=O)CC(C)C)ccc1C=CC(=O)O. The van der Waals surface area contributed by atoms with E-state index in [9.17, 15) is 9.59 Å². The Morgan fingerprint density at radius 3 is 2.52 bits per heavy atom. The fourth-order valence-electron chi connectivity index (χ4n) is 2.09. The highest BCUT2D eigenvalue weighted by atomic mass is 16.4. The summed E-state index contributed by atoms with van der Waals surface area (Å²) in [7, 11) is 0. The Kier molecular flexibility index (Phi) is 5.96. The molecule has 0 aliphatic heterocycles.